The zero-order chi connectivity index (χ0) is 13.4. The fraction of sp³-hybridized carbons (Fsp3) is 0.571. The maximum Gasteiger partial charge on any atom is 0.239 e. The van der Waals surface area contributed by atoms with Gasteiger partial charge in [-0.1, -0.05) is 15.9 Å². The molecule has 1 saturated heterocycles. The largest absolute Gasteiger partial charge is 0.342 e. The van der Waals surface area contributed by atoms with Gasteiger partial charge in [-0.15, -0.1) is 0 Å². The Morgan fingerprint density at radius 3 is 3.05 bits per heavy atom. The molecule has 0 spiro atoms. The summed E-state index contributed by atoms with van der Waals surface area (Å²) < 4.78 is 1.14. The minimum atomic E-state index is 0.0638. The monoisotopic (exact) mass is 323 g/mol. The van der Waals surface area contributed by atoms with E-state index in [0.717, 1.165) is 49.2 Å². The van der Waals surface area contributed by atoms with Crippen LogP contribution < -0.4 is 0 Å². The number of likely N-dealkylation sites (N-methyl/N-ethyl adjacent to an activating group) is 1. The highest BCUT2D eigenvalue weighted by atomic mass is 79.9. The molecule has 1 aromatic rings. The van der Waals surface area contributed by atoms with E-state index in [9.17, 15) is 4.79 Å². The van der Waals surface area contributed by atoms with Gasteiger partial charge in [0.15, 0.2) is 0 Å². The summed E-state index contributed by atoms with van der Waals surface area (Å²) in [7, 11) is 0. The van der Waals surface area contributed by atoms with Gasteiger partial charge in [0.05, 0.1) is 11.7 Å². The highest BCUT2D eigenvalue weighted by Gasteiger charge is 2.36. The minimum Gasteiger partial charge on any atom is -0.342 e. The molecule has 2 aliphatic heterocycles. The number of hydrogen-bond acceptors (Lipinski definition) is 3. The summed E-state index contributed by atoms with van der Waals surface area (Å²) in [6.45, 7) is 5.51. The molecule has 0 saturated carbocycles. The summed E-state index contributed by atoms with van der Waals surface area (Å²) in [4.78, 5) is 21.0. The molecule has 102 valence electrons. The minimum absolute atomic E-state index is 0.0638. The van der Waals surface area contributed by atoms with E-state index in [4.69, 9.17) is 0 Å². The lowest BCUT2D eigenvalue weighted by Crippen LogP contribution is -2.44. The van der Waals surface area contributed by atoms with Crippen LogP contribution in [0.2, 0.25) is 0 Å². The lowest BCUT2D eigenvalue weighted by Gasteiger charge is -2.32. The third-order valence-electron chi connectivity index (χ3n) is 4.18. The topological polar surface area (TPSA) is 36.4 Å². The molecule has 0 bridgehead atoms. The first-order valence-corrected chi connectivity index (χ1v) is 7.65. The molecule has 1 amide bonds. The first-order valence-electron chi connectivity index (χ1n) is 6.85. The van der Waals surface area contributed by atoms with E-state index in [1.807, 2.05) is 24.1 Å². The molecule has 3 heterocycles. The Kier molecular flexibility index (Phi) is 3.58. The van der Waals surface area contributed by atoms with Crippen LogP contribution in [0.15, 0.2) is 16.7 Å². The molecule has 4 nitrogen and oxygen atoms in total. The highest BCUT2D eigenvalue weighted by Crippen LogP contribution is 2.28. The number of likely N-dealkylation sites (tertiary alicyclic amines) is 1. The Morgan fingerprint density at radius 1 is 1.47 bits per heavy atom. The van der Waals surface area contributed by atoms with Crippen molar-refractivity contribution in [3.05, 3.63) is 28.0 Å². The first-order chi connectivity index (χ1) is 9.20. The van der Waals surface area contributed by atoms with Gasteiger partial charge in [-0.05, 0) is 31.4 Å². The second-order valence-corrected chi connectivity index (χ2v) is 6.02. The zero-order valence-electron chi connectivity index (χ0n) is 11.1. The lowest BCUT2D eigenvalue weighted by atomic mass is 10.0. The van der Waals surface area contributed by atoms with Crippen molar-refractivity contribution in [3.63, 3.8) is 0 Å². The van der Waals surface area contributed by atoms with Crippen molar-refractivity contribution in [1.29, 1.82) is 0 Å². The van der Waals surface area contributed by atoms with Crippen molar-refractivity contribution in [2.24, 2.45) is 0 Å². The number of halogens is 1. The Morgan fingerprint density at radius 2 is 2.32 bits per heavy atom. The molecule has 2 aliphatic rings. The van der Waals surface area contributed by atoms with Gasteiger partial charge in [-0.25, -0.2) is 0 Å². The van der Waals surface area contributed by atoms with Crippen LogP contribution in [0, 0.1) is 0 Å². The van der Waals surface area contributed by atoms with E-state index < -0.39 is 0 Å². The van der Waals surface area contributed by atoms with Gasteiger partial charge in [-0.3, -0.25) is 14.7 Å². The number of carbonyl (C=O) groups is 1. The van der Waals surface area contributed by atoms with Crippen molar-refractivity contribution < 1.29 is 4.79 Å². The lowest BCUT2D eigenvalue weighted by molar-refractivity contribution is -0.132. The van der Waals surface area contributed by atoms with Crippen molar-refractivity contribution in [1.82, 2.24) is 14.8 Å². The average Bonchev–Trinajstić information content (AvgIpc) is 2.80. The van der Waals surface area contributed by atoms with Gasteiger partial charge in [0.2, 0.25) is 5.91 Å². The zero-order valence-corrected chi connectivity index (χ0v) is 12.7. The average molecular weight is 324 g/mol. The summed E-state index contributed by atoms with van der Waals surface area (Å²) in [6, 6.07) is 2.06. The predicted molar refractivity (Wildman–Crippen MR) is 76.7 cm³/mol. The number of nitrogens with zero attached hydrogens (tertiary/aromatic N) is 3. The van der Waals surface area contributed by atoms with Crippen LogP contribution in [0.5, 0.6) is 0 Å². The van der Waals surface area contributed by atoms with E-state index >= 15 is 0 Å². The van der Waals surface area contributed by atoms with Crippen LogP contribution in [-0.2, 0) is 17.8 Å². The molecule has 5 heteroatoms. The fourth-order valence-corrected chi connectivity index (χ4v) is 3.62. The van der Waals surface area contributed by atoms with Crippen molar-refractivity contribution in [2.75, 3.05) is 19.6 Å². The van der Waals surface area contributed by atoms with Crippen LogP contribution in [0.25, 0.3) is 0 Å². The van der Waals surface area contributed by atoms with E-state index in [1.165, 1.54) is 5.56 Å². The normalized spacial score (nSPS) is 23.8. The van der Waals surface area contributed by atoms with Crippen molar-refractivity contribution in [2.45, 2.75) is 32.4 Å². The van der Waals surface area contributed by atoms with Gasteiger partial charge in [0.1, 0.15) is 0 Å². The van der Waals surface area contributed by atoms with Crippen LogP contribution >= 0.6 is 15.9 Å². The second kappa shape index (κ2) is 5.21. The van der Waals surface area contributed by atoms with Crippen LogP contribution in [0.1, 0.15) is 24.6 Å². The molecule has 0 radical (unpaired) electrons. The SMILES string of the molecule is CCN1CCC(N2CCc3c(Br)ccnc3C2)C1=O. The number of hydrogen-bond donors (Lipinski definition) is 0. The van der Waals surface area contributed by atoms with Gasteiger partial charge in [-0.2, -0.15) is 0 Å². The third kappa shape index (κ3) is 2.30. The van der Waals surface area contributed by atoms with E-state index in [1.54, 1.807) is 0 Å². The standard InChI is InChI=1S/C14H18BrN3O/c1-2-17-8-5-13(14(17)19)18-7-4-10-11(15)3-6-16-12(10)9-18/h3,6,13H,2,4-5,7-9H2,1H3. The maximum atomic E-state index is 12.3. The van der Waals surface area contributed by atoms with E-state index in [0.29, 0.717) is 5.91 Å². The van der Waals surface area contributed by atoms with Crippen LogP contribution in [-0.4, -0.2) is 46.4 Å². The van der Waals surface area contributed by atoms with E-state index in [-0.39, 0.29) is 6.04 Å². The molecule has 0 aromatic carbocycles. The Bertz CT molecular complexity index is 505. The molecule has 1 atom stereocenters. The predicted octanol–water partition coefficient (Wildman–Crippen LogP) is 1.82. The number of pyridine rings is 1. The second-order valence-electron chi connectivity index (χ2n) is 5.16. The maximum absolute atomic E-state index is 12.3. The van der Waals surface area contributed by atoms with Gasteiger partial charge in [0.25, 0.3) is 0 Å². The molecular weight excluding hydrogens is 306 g/mol. The molecule has 19 heavy (non-hydrogen) atoms. The Labute approximate surface area is 121 Å². The summed E-state index contributed by atoms with van der Waals surface area (Å²) in [5.74, 6) is 0.293. The highest BCUT2D eigenvalue weighted by molar-refractivity contribution is 9.10. The Hall–Kier alpha value is -0.940. The van der Waals surface area contributed by atoms with Crippen LogP contribution in [0.3, 0.4) is 0 Å². The number of rotatable bonds is 2. The molecule has 1 fully saturated rings. The smallest absolute Gasteiger partial charge is 0.239 e. The molecular formula is C14H18BrN3O. The fourth-order valence-electron chi connectivity index (χ4n) is 3.08. The van der Waals surface area contributed by atoms with Gasteiger partial charge >= 0.3 is 0 Å². The quantitative estimate of drug-likeness (QED) is 0.833. The number of amides is 1. The van der Waals surface area contributed by atoms with Crippen molar-refractivity contribution in [3.8, 4) is 0 Å². The molecule has 1 unspecified atom stereocenters. The van der Waals surface area contributed by atoms with Gasteiger partial charge < -0.3 is 4.90 Å². The molecule has 3 rings (SSSR count). The number of aromatic nitrogens is 1. The third-order valence-corrected chi connectivity index (χ3v) is 4.92. The van der Waals surface area contributed by atoms with Crippen LogP contribution in [0.4, 0.5) is 0 Å². The number of carbonyl (C=O) groups excluding carboxylic acids is 1. The summed E-state index contributed by atoms with van der Waals surface area (Å²) in [6.07, 6.45) is 3.76. The number of fused-ring (bicyclic) bond motifs is 1. The molecule has 0 aliphatic carbocycles. The first kappa shape index (κ1) is 13.1. The van der Waals surface area contributed by atoms with Gasteiger partial charge in [0, 0.05) is 36.8 Å². The molecule has 1 aromatic heterocycles. The van der Waals surface area contributed by atoms with E-state index in [2.05, 4.69) is 25.8 Å². The summed E-state index contributed by atoms with van der Waals surface area (Å²) >= 11 is 3.58. The molecule has 0 N–H and O–H groups in total. The van der Waals surface area contributed by atoms with Crippen molar-refractivity contribution >= 4 is 21.8 Å². The summed E-state index contributed by atoms with van der Waals surface area (Å²) in [5, 5.41) is 0. The summed E-state index contributed by atoms with van der Waals surface area (Å²) in [5.41, 5.74) is 2.42. The Balaban J connectivity index is 1.78.